The Morgan fingerprint density at radius 3 is 1.27 bits per heavy atom. The van der Waals surface area contributed by atoms with Crippen molar-refractivity contribution in [2.75, 3.05) is 4.90 Å². The molecule has 2 heteroatoms. The Morgan fingerprint density at radius 2 is 0.756 bits per heavy atom. The highest BCUT2D eigenvalue weighted by Gasteiger charge is 2.54. The standard InChI is InChI=1S/C43H30N2/c1-5-17-31(18-6-1)42(32-19-7-2-8-20-32)35-25-13-14-29-39(35)45-40-36(42)26-15-27-37(40)43(33-21-9-3-10-22-33,34-23-11-4-12-24-34)38-28-16-30-44-41(38)45/h1-30H. The largest absolute Gasteiger partial charge is 0.294 e. The molecule has 1 aromatic heterocycles. The first kappa shape index (κ1) is 25.7. The molecule has 212 valence electrons. The van der Waals surface area contributed by atoms with Crippen molar-refractivity contribution in [2.24, 2.45) is 0 Å². The molecule has 3 heterocycles. The number of hydrogen-bond donors (Lipinski definition) is 0. The molecule has 0 unspecified atom stereocenters. The van der Waals surface area contributed by atoms with Gasteiger partial charge in [0.1, 0.15) is 5.82 Å². The summed E-state index contributed by atoms with van der Waals surface area (Å²) in [4.78, 5) is 7.64. The zero-order valence-electron chi connectivity index (χ0n) is 24.7. The Morgan fingerprint density at radius 1 is 0.356 bits per heavy atom. The number of para-hydroxylation sites is 2. The van der Waals surface area contributed by atoms with Crippen LogP contribution in [0.1, 0.15) is 44.5 Å². The van der Waals surface area contributed by atoms with Crippen molar-refractivity contribution in [1.29, 1.82) is 0 Å². The van der Waals surface area contributed by atoms with Gasteiger partial charge < -0.3 is 0 Å². The van der Waals surface area contributed by atoms with Gasteiger partial charge in [0, 0.05) is 11.8 Å². The highest BCUT2D eigenvalue weighted by atomic mass is 15.2. The Balaban J connectivity index is 1.52. The maximum absolute atomic E-state index is 5.21. The Bertz CT molecular complexity index is 1920. The molecule has 0 saturated carbocycles. The van der Waals surface area contributed by atoms with Crippen LogP contribution in [0, 0.1) is 0 Å². The van der Waals surface area contributed by atoms with Crippen LogP contribution in [0.3, 0.4) is 0 Å². The molecule has 0 spiro atoms. The molecule has 2 nitrogen and oxygen atoms in total. The fourth-order valence-corrected chi connectivity index (χ4v) is 8.20. The summed E-state index contributed by atoms with van der Waals surface area (Å²) in [6.45, 7) is 0. The van der Waals surface area contributed by atoms with Crippen molar-refractivity contribution in [3.05, 3.63) is 227 Å². The fourth-order valence-electron chi connectivity index (χ4n) is 8.20. The van der Waals surface area contributed by atoms with Crippen molar-refractivity contribution in [3.63, 3.8) is 0 Å². The van der Waals surface area contributed by atoms with Crippen molar-refractivity contribution >= 4 is 17.2 Å². The van der Waals surface area contributed by atoms with Crippen LogP contribution in [0.5, 0.6) is 0 Å². The van der Waals surface area contributed by atoms with Crippen molar-refractivity contribution < 1.29 is 0 Å². The van der Waals surface area contributed by atoms with Crippen LogP contribution in [-0.2, 0) is 10.8 Å². The summed E-state index contributed by atoms with van der Waals surface area (Å²) in [6.07, 6.45) is 1.94. The number of nitrogens with zero attached hydrogens (tertiary/aromatic N) is 2. The molecule has 2 aliphatic rings. The number of anilines is 3. The molecule has 0 amide bonds. The van der Waals surface area contributed by atoms with Crippen LogP contribution in [-0.4, -0.2) is 4.98 Å². The zero-order valence-corrected chi connectivity index (χ0v) is 24.7. The number of benzene rings is 6. The Labute approximate surface area is 263 Å². The Kier molecular flexibility index (Phi) is 5.66. The molecule has 0 aliphatic carbocycles. The van der Waals surface area contributed by atoms with Gasteiger partial charge in [-0.05, 0) is 51.1 Å². The van der Waals surface area contributed by atoms with E-state index >= 15 is 0 Å². The van der Waals surface area contributed by atoms with Crippen LogP contribution in [0.2, 0.25) is 0 Å². The first-order chi connectivity index (χ1) is 22.4. The van der Waals surface area contributed by atoms with Crippen LogP contribution >= 0.6 is 0 Å². The van der Waals surface area contributed by atoms with E-state index in [1.807, 2.05) is 6.20 Å². The Hall–Kier alpha value is -5.73. The maximum Gasteiger partial charge on any atom is 0.142 e. The van der Waals surface area contributed by atoms with E-state index in [0.29, 0.717) is 0 Å². The maximum atomic E-state index is 5.21. The molecule has 45 heavy (non-hydrogen) atoms. The van der Waals surface area contributed by atoms with Crippen LogP contribution in [0.25, 0.3) is 0 Å². The number of pyridine rings is 1. The van der Waals surface area contributed by atoms with E-state index < -0.39 is 10.8 Å². The molecule has 6 aromatic carbocycles. The molecule has 0 atom stereocenters. The lowest BCUT2D eigenvalue weighted by Gasteiger charge is -2.52. The monoisotopic (exact) mass is 574 g/mol. The summed E-state index contributed by atoms with van der Waals surface area (Å²) in [5, 5.41) is 0. The van der Waals surface area contributed by atoms with Crippen molar-refractivity contribution in [1.82, 2.24) is 4.98 Å². The molecular weight excluding hydrogens is 544 g/mol. The van der Waals surface area contributed by atoms with Crippen molar-refractivity contribution in [2.45, 2.75) is 10.8 Å². The van der Waals surface area contributed by atoms with E-state index in [1.54, 1.807) is 0 Å². The lowest BCUT2D eigenvalue weighted by Crippen LogP contribution is -2.44. The number of rotatable bonds is 4. The molecule has 0 fully saturated rings. The third kappa shape index (κ3) is 3.37. The van der Waals surface area contributed by atoms with E-state index in [2.05, 4.69) is 181 Å². The van der Waals surface area contributed by atoms with E-state index in [0.717, 1.165) is 11.5 Å². The summed E-state index contributed by atoms with van der Waals surface area (Å²) in [5.41, 5.74) is 11.1. The smallest absolute Gasteiger partial charge is 0.142 e. The van der Waals surface area contributed by atoms with Gasteiger partial charge in [-0.25, -0.2) is 4.98 Å². The summed E-state index contributed by atoms with van der Waals surface area (Å²) in [5.74, 6) is 0.965. The van der Waals surface area contributed by atoms with Crippen LogP contribution in [0.15, 0.2) is 182 Å². The van der Waals surface area contributed by atoms with Gasteiger partial charge in [0.2, 0.25) is 0 Å². The lowest BCUT2D eigenvalue weighted by atomic mass is 9.57. The SMILES string of the molecule is c1ccc(C2(c3ccccc3)c3ccccc3N3c4ncccc4C(c4ccccc4)(c4ccccc4)c4cccc2c43)cc1. The molecule has 2 aliphatic heterocycles. The minimum atomic E-state index is -0.584. The predicted molar refractivity (Wildman–Crippen MR) is 183 cm³/mol. The predicted octanol–water partition coefficient (Wildman–Crippen LogP) is 9.94. The second-order valence-electron chi connectivity index (χ2n) is 11.9. The summed E-state index contributed by atoms with van der Waals surface area (Å²) < 4.78 is 0. The summed E-state index contributed by atoms with van der Waals surface area (Å²) in [6, 6.07) is 64.2. The molecule has 0 radical (unpaired) electrons. The van der Waals surface area contributed by atoms with Gasteiger partial charge in [-0.2, -0.15) is 0 Å². The van der Waals surface area contributed by atoms with Crippen LogP contribution < -0.4 is 4.90 Å². The molecule has 0 saturated heterocycles. The summed E-state index contributed by atoms with van der Waals surface area (Å²) in [7, 11) is 0. The normalized spacial score (nSPS) is 15.0. The van der Waals surface area contributed by atoms with E-state index in [4.69, 9.17) is 4.98 Å². The van der Waals surface area contributed by atoms with Gasteiger partial charge in [0.25, 0.3) is 0 Å². The third-order valence-electron chi connectivity index (χ3n) is 9.85. The van der Waals surface area contributed by atoms with E-state index in [1.165, 1.54) is 50.2 Å². The van der Waals surface area contributed by atoms with Gasteiger partial charge in [-0.15, -0.1) is 0 Å². The fraction of sp³-hybridized carbons (Fsp3) is 0.0465. The molecule has 9 rings (SSSR count). The average molecular weight is 575 g/mol. The van der Waals surface area contributed by atoms with Crippen LogP contribution in [0.4, 0.5) is 17.2 Å². The number of fused-ring (bicyclic) bond motifs is 4. The second-order valence-corrected chi connectivity index (χ2v) is 11.9. The van der Waals surface area contributed by atoms with Gasteiger partial charge >= 0.3 is 0 Å². The topological polar surface area (TPSA) is 16.1 Å². The van der Waals surface area contributed by atoms with Gasteiger partial charge in [0.05, 0.1) is 22.2 Å². The van der Waals surface area contributed by atoms with Gasteiger partial charge in [-0.1, -0.05) is 164 Å². The first-order valence-corrected chi connectivity index (χ1v) is 15.6. The van der Waals surface area contributed by atoms with E-state index in [-0.39, 0.29) is 0 Å². The lowest BCUT2D eigenvalue weighted by molar-refractivity contribution is 0.685. The van der Waals surface area contributed by atoms with E-state index in [9.17, 15) is 0 Å². The van der Waals surface area contributed by atoms with Gasteiger partial charge in [0.15, 0.2) is 0 Å². The summed E-state index contributed by atoms with van der Waals surface area (Å²) >= 11 is 0. The average Bonchev–Trinajstić information content (AvgIpc) is 3.13. The van der Waals surface area contributed by atoms with Gasteiger partial charge in [-0.3, -0.25) is 4.90 Å². The minimum Gasteiger partial charge on any atom is -0.294 e. The third-order valence-corrected chi connectivity index (χ3v) is 9.85. The highest BCUT2D eigenvalue weighted by molar-refractivity contribution is 5.95. The molecule has 7 aromatic rings. The number of hydrogen-bond acceptors (Lipinski definition) is 2. The zero-order chi connectivity index (χ0) is 29.8. The highest BCUT2D eigenvalue weighted by Crippen LogP contribution is 2.64. The minimum absolute atomic E-state index is 0.549. The first-order valence-electron chi connectivity index (χ1n) is 15.6. The molecular formula is C43H30N2. The number of aromatic nitrogens is 1. The second kappa shape index (κ2) is 9.90. The molecule has 0 bridgehead atoms. The van der Waals surface area contributed by atoms with Crippen molar-refractivity contribution in [3.8, 4) is 0 Å². The quantitative estimate of drug-likeness (QED) is 0.208. The molecule has 0 N–H and O–H groups in total.